The molecule has 0 heterocycles. The minimum absolute atomic E-state index is 0.161. The highest BCUT2D eigenvalue weighted by Gasteiger charge is 2.11. The van der Waals surface area contributed by atoms with Crippen molar-refractivity contribution in [3.8, 4) is 28.0 Å². The molecule has 3 aromatic rings. The lowest BCUT2D eigenvalue weighted by Gasteiger charge is -2.08. The summed E-state index contributed by atoms with van der Waals surface area (Å²) >= 11 is 2.05. The minimum atomic E-state index is -0.225. The number of rotatable bonds is 5. The summed E-state index contributed by atoms with van der Waals surface area (Å²) in [5.41, 5.74) is 6.02. The summed E-state index contributed by atoms with van der Waals surface area (Å²) in [5, 5.41) is 0. The Balaban J connectivity index is 1.74. The molecule has 0 fully saturated rings. The van der Waals surface area contributed by atoms with Crippen molar-refractivity contribution in [3.05, 3.63) is 78.4 Å². The zero-order chi connectivity index (χ0) is 18.5. The summed E-state index contributed by atoms with van der Waals surface area (Å²) in [6.07, 6.45) is 1.06. The SMILES string of the molecule is CCc1ccc(-c2ccc(-c3ccc(OC(=O)[C@@H](C)I)cc3)cc2)cc1. The van der Waals surface area contributed by atoms with Gasteiger partial charge in [-0.3, -0.25) is 4.79 Å². The molecule has 0 saturated heterocycles. The van der Waals surface area contributed by atoms with E-state index in [2.05, 4.69) is 55.5 Å². The van der Waals surface area contributed by atoms with Crippen LogP contribution in [0.4, 0.5) is 0 Å². The normalized spacial score (nSPS) is 11.8. The molecule has 2 nitrogen and oxygen atoms in total. The van der Waals surface area contributed by atoms with Crippen molar-refractivity contribution in [1.29, 1.82) is 0 Å². The van der Waals surface area contributed by atoms with E-state index in [1.54, 1.807) is 0 Å². The zero-order valence-electron chi connectivity index (χ0n) is 14.9. The highest BCUT2D eigenvalue weighted by Crippen LogP contribution is 2.27. The maximum atomic E-state index is 11.6. The van der Waals surface area contributed by atoms with Crippen molar-refractivity contribution >= 4 is 28.6 Å². The lowest BCUT2D eigenvalue weighted by atomic mass is 9.99. The largest absolute Gasteiger partial charge is 0.426 e. The first-order chi connectivity index (χ1) is 12.6. The first-order valence-electron chi connectivity index (χ1n) is 8.72. The lowest BCUT2D eigenvalue weighted by molar-refractivity contribution is -0.133. The van der Waals surface area contributed by atoms with Gasteiger partial charge in [0.05, 0.1) is 0 Å². The Hall–Kier alpha value is -2.14. The molecule has 0 aliphatic rings. The van der Waals surface area contributed by atoms with Crippen molar-refractivity contribution in [3.63, 3.8) is 0 Å². The maximum Gasteiger partial charge on any atom is 0.323 e. The standard InChI is InChI=1S/C23H21IO2/c1-3-17-4-6-18(7-5-17)19-8-10-20(11-9-19)21-12-14-22(15-13-21)26-23(25)16(2)24/h4-16H,3H2,1-2H3/t16-/m1/s1. The van der Waals surface area contributed by atoms with Crippen LogP contribution in [0.15, 0.2) is 72.8 Å². The van der Waals surface area contributed by atoms with E-state index in [0.29, 0.717) is 5.75 Å². The van der Waals surface area contributed by atoms with Gasteiger partial charge in [-0.2, -0.15) is 0 Å². The van der Waals surface area contributed by atoms with Crippen molar-refractivity contribution in [2.45, 2.75) is 24.2 Å². The Morgan fingerprint density at radius 2 is 1.19 bits per heavy atom. The molecule has 3 heteroatoms. The summed E-state index contributed by atoms with van der Waals surface area (Å²) in [7, 11) is 0. The summed E-state index contributed by atoms with van der Waals surface area (Å²) in [6, 6.07) is 24.9. The molecule has 0 N–H and O–H groups in total. The molecule has 0 aromatic heterocycles. The second kappa shape index (κ2) is 8.49. The van der Waals surface area contributed by atoms with Crippen LogP contribution in [0.25, 0.3) is 22.3 Å². The summed E-state index contributed by atoms with van der Waals surface area (Å²) in [6.45, 7) is 3.98. The quantitative estimate of drug-likeness (QED) is 0.195. The van der Waals surface area contributed by atoms with Gasteiger partial charge in [0.1, 0.15) is 9.67 Å². The number of esters is 1. The van der Waals surface area contributed by atoms with Crippen molar-refractivity contribution in [1.82, 2.24) is 0 Å². The lowest BCUT2D eigenvalue weighted by Crippen LogP contribution is -2.16. The van der Waals surface area contributed by atoms with E-state index >= 15 is 0 Å². The third-order valence-corrected chi connectivity index (χ3v) is 4.82. The van der Waals surface area contributed by atoms with Crippen LogP contribution in [0.1, 0.15) is 19.4 Å². The van der Waals surface area contributed by atoms with Crippen molar-refractivity contribution in [2.75, 3.05) is 0 Å². The molecule has 0 unspecified atom stereocenters. The minimum Gasteiger partial charge on any atom is -0.426 e. The van der Waals surface area contributed by atoms with Crippen LogP contribution in [0.2, 0.25) is 0 Å². The van der Waals surface area contributed by atoms with Gasteiger partial charge in [-0.1, -0.05) is 90.2 Å². The van der Waals surface area contributed by atoms with E-state index in [0.717, 1.165) is 17.5 Å². The number of alkyl halides is 1. The van der Waals surface area contributed by atoms with E-state index < -0.39 is 0 Å². The molecule has 0 aliphatic carbocycles. The molecular formula is C23H21IO2. The summed E-state index contributed by atoms with van der Waals surface area (Å²) in [4.78, 5) is 11.6. The average Bonchev–Trinajstić information content (AvgIpc) is 2.69. The van der Waals surface area contributed by atoms with Crippen LogP contribution in [0.3, 0.4) is 0 Å². The zero-order valence-corrected chi connectivity index (χ0v) is 17.1. The fourth-order valence-corrected chi connectivity index (χ4v) is 2.83. The number of hydrogen-bond acceptors (Lipinski definition) is 2. The summed E-state index contributed by atoms with van der Waals surface area (Å²) in [5.74, 6) is 0.353. The van der Waals surface area contributed by atoms with E-state index in [9.17, 15) is 4.79 Å². The molecular weight excluding hydrogens is 435 g/mol. The second-order valence-electron chi connectivity index (χ2n) is 6.19. The predicted molar refractivity (Wildman–Crippen MR) is 116 cm³/mol. The van der Waals surface area contributed by atoms with Gasteiger partial charge in [0.2, 0.25) is 0 Å². The Labute approximate surface area is 168 Å². The van der Waals surface area contributed by atoms with Crippen LogP contribution < -0.4 is 4.74 Å². The summed E-state index contributed by atoms with van der Waals surface area (Å²) < 4.78 is 5.16. The molecule has 3 rings (SSSR count). The van der Waals surface area contributed by atoms with Gasteiger partial charge < -0.3 is 4.74 Å². The fraction of sp³-hybridized carbons (Fsp3) is 0.174. The van der Waals surface area contributed by atoms with Gasteiger partial charge in [0, 0.05) is 0 Å². The number of hydrogen-bond donors (Lipinski definition) is 0. The topological polar surface area (TPSA) is 26.3 Å². The molecule has 0 bridgehead atoms. The fourth-order valence-electron chi connectivity index (χ4n) is 2.70. The molecule has 0 amide bonds. The molecule has 0 aliphatic heterocycles. The first kappa shape index (κ1) is 18.6. The van der Waals surface area contributed by atoms with Crippen molar-refractivity contribution in [2.24, 2.45) is 0 Å². The van der Waals surface area contributed by atoms with Gasteiger partial charge in [0.25, 0.3) is 0 Å². The van der Waals surface area contributed by atoms with Crippen molar-refractivity contribution < 1.29 is 9.53 Å². The third kappa shape index (κ3) is 4.52. The first-order valence-corrected chi connectivity index (χ1v) is 9.97. The maximum absolute atomic E-state index is 11.6. The van der Waals surface area contributed by atoms with Gasteiger partial charge in [-0.05, 0) is 53.3 Å². The Bertz CT molecular complexity index is 864. The van der Waals surface area contributed by atoms with Crippen LogP contribution in [0, 0.1) is 0 Å². The molecule has 0 radical (unpaired) electrons. The van der Waals surface area contributed by atoms with E-state index in [-0.39, 0.29) is 9.89 Å². The predicted octanol–water partition coefficient (Wildman–Crippen LogP) is 6.31. The van der Waals surface area contributed by atoms with Gasteiger partial charge in [-0.15, -0.1) is 0 Å². The number of ether oxygens (including phenoxy) is 1. The van der Waals surface area contributed by atoms with Crippen LogP contribution >= 0.6 is 22.6 Å². The molecule has 3 aromatic carbocycles. The smallest absolute Gasteiger partial charge is 0.323 e. The van der Waals surface area contributed by atoms with Gasteiger partial charge in [-0.25, -0.2) is 0 Å². The van der Waals surface area contributed by atoms with E-state index in [1.165, 1.54) is 16.7 Å². The number of benzene rings is 3. The number of carbonyl (C=O) groups is 1. The molecule has 1 atom stereocenters. The second-order valence-corrected chi connectivity index (χ2v) is 8.06. The Morgan fingerprint density at radius 3 is 1.58 bits per heavy atom. The number of carbonyl (C=O) groups excluding carboxylic acids is 1. The third-order valence-electron chi connectivity index (χ3n) is 4.31. The van der Waals surface area contributed by atoms with Crippen LogP contribution in [-0.4, -0.2) is 9.89 Å². The highest BCUT2D eigenvalue weighted by molar-refractivity contribution is 14.1. The number of halogens is 1. The number of aryl methyl sites for hydroxylation is 1. The Morgan fingerprint density at radius 1 is 0.808 bits per heavy atom. The molecule has 26 heavy (non-hydrogen) atoms. The van der Waals surface area contributed by atoms with E-state index in [4.69, 9.17) is 4.74 Å². The monoisotopic (exact) mass is 456 g/mol. The van der Waals surface area contributed by atoms with E-state index in [1.807, 2.05) is 53.8 Å². The Kier molecular flexibility index (Phi) is 6.09. The van der Waals surface area contributed by atoms with Crippen LogP contribution in [-0.2, 0) is 11.2 Å². The van der Waals surface area contributed by atoms with Crippen LogP contribution in [0.5, 0.6) is 5.75 Å². The van der Waals surface area contributed by atoms with Gasteiger partial charge >= 0.3 is 5.97 Å². The van der Waals surface area contributed by atoms with Gasteiger partial charge in [0.15, 0.2) is 0 Å². The average molecular weight is 456 g/mol. The molecule has 132 valence electrons. The molecule has 0 spiro atoms. The molecule has 0 saturated carbocycles. The highest BCUT2D eigenvalue weighted by atomic mass is 127.